The standard InChI is InChI=1S/C12H15FO4/c1-16-11-4-2-9(3-5-11)8-17-12(15)6-10(14)7-13/h2-5,10,14H,6-8H2,1H3. The second kappa shape index (κ2) is 6.85. The number of hydrogen-bond donors (Lipinski definition) is 1. The first-order valence-corrected chi connectivity index (χ1v) is 5.18. The summed E-state index contributed by atoms with van der Waals surface area (Å²) < 4.78 is 21.8. The van der Waals surface area contributed by atoms with E-state index < -0.39 is 18.7 Å². The molecule has 0 heterocycles. The normalized spacial score (nSPS) is 11.9. The minimum Gasteiger partial charge on any atom is -0.497 e. The lowest BCUT2D eigenvalue weighted by molar-refractivity contribution is -0.147. The van der Waals surface area contributed by atoms with E-state index in [1.54, 1.807) is 31.4 Å². The average molecular weight is 242 g/mol. The van der Waals surface area contributed by atoms with Crippen LogP contribution in [0.25, 0.3) is 0 Å². The van der Waals surface area contributed by atoms with E-state index in [2.05, 4.69) is 0 Å². The first kappa shape index (κ1) is 13.4. The van der Waals surface area contributed by atoms with Crippen LogP contribution >= 0.6 is 0 Å². The van der Waals surface area contributed by atoms with Crippen LogP contribution in [0.4, 0.5) is 4.39 Å². The summed E-state index contributed by atoms with van der Waals surface area (Å²) in [5, 5.41) is 8.90. The van der Waals surface area contributed by atoms with Crippen molar-refractivity contribution in [2.45, 2.75) is 19.1 Å². The van der Waals surface area contributed by atoms with Crippen molar-refractivity contribution in [3.05, 3.63) is 29.8 Å². The number of aliphatic hydroxyl groups is 1. The highest BCUT2D eigenvalue weighted by molar-refractivity contribution is 5.69. The Labute approximate surface area is 99.0 Å². The number of carbonyl (C=O) groups is 1. The van der Waals surface area contributed by atoms with Gasteiger partial charge in [0.1, 0.15) is 19.0 Å². The maximum Gasteiger partial charge on any atom is 0.308 e. The molecule has 0 aromatic heterocycles. The lowest BCUT2D eigenvalue weighted by Crippen LogP contribution is -2.17. The number of benzene rings is 1. The SMILES string of the molecule is COc1ccc(COC(=O)CC(O)CF)cc1. The van der Waals surface area contributed by atoms with Gasteiger partial charge in [-0.2, -0.15) is 0 Å². The highest BCUT2D eigenvalue weighted by Crippen LogP contribution is 2.12. The van der Waals surface area contributed by atoms with E-state index in [4.69, 9.17) is 14.6 Å². The molecule has 17 heavy (non-hydrogen) atoms. The summed E-state index contributed by atoms with van der Waals surface area (Å²) in [4.78, 5) is 11.1. The molecule has 1 aromatic carbocycles. The maximum atomic E-state index is 11.9. The maximum absolute atomic E-state index is 11.9. The van der Waals surface area contributed by atoms with Gasteiger partial charge >= 0.3 is 5.97 Å². The molecule has 1 unspecified atom stereocenters. The van der Waals surface area contributed by atoms with Gasteiger partial charge in [0.05, 0.1) is 19.6 Å². The number of aliphatic hydroxyl groups excluding tert-OH is 1. The molecule has 0 spiro atoms. The van der Waals surface area contributed by atoms with Gasteiger partial charge in [0.25, 0.3) is 0 Å². The highest BCUT2D eigenvalue weighted by Gasteiger charge is 2.11. The van der Waals surface area contributed by atoms with Gasteiger partial charge < -0.3 is 14.6 Å². The third kappa shape index (κ3) is 4.82. The summed E-state index contributed by atoms with van der Waals surface area (Å²) in [6, 6.07) is 7.02. The molecule has 0 bridgehead atoms. The van der Waals surface area contributed by atoms with Crippen molar-refractivity contribution in [1.82, 2.24) is 0 Å². The van der Waals surface area contributed by atoms with Crippen molar-refractivity contribution in [2.75, 3.05) is 13.8 Å². The zero-order chi connectivity index (χ0) is 12.7. The van der Waals surface area contributed by atoms with Gasteiger partial charge in [0, 0.05) is 0 Å². The molecular weight excluding hydrogens is 227 g/mol. The van der Waals surface area contributed by atoms with Crippen LogP contribution in [0.3, 0.4) is 0 Å². The Hall–Kier alpha value is -1.62. The fourth-order valence-corrected chi connectivity index (χ4v) is 1.19. The Kier molecular flexibility index (Phi) is 5.42. The Morgan fingerprint density at radius 3 is 2.59 bits per heavy atom. The minimum absolute atomic E-state index is 0.0990. The van der Waals surface area contributed by atoms with Crippen LogP contribution in [-0.4, -0.2) is 31.0 Å². The first-order valence-electron chi connectivity index (χ1n) is 5.18. The Morgan fingerprint density at radius 2 is 2.06 bits per heavy atom. The van der Waals surface area contributed by atoms with Crippen LogP contribution in [0.15, 0.2) is 24.3 Å². The number of methoxy groups -OCH3 is 1. The number of ether oxygens (including phenoxy) is 2. The van der Waals surface area contributed by atoms with Crippen molar-refractivity contribution < 1.29 is 23.8 Å². The molecule has 94 valence electrons. The monoisotopic (exact) mass is 242 g/mol. The number of hydrogen-bond acceptors (Lipinski definition) is 4. The third-order valence-electron chi connectivity index (χ3n) is 2.14. The van der Waals surface area contributed by atoms with E-state index in [-0.39, 0.29) is 13.0 Å². The van der Waals surface area contributed by atoms with Gasteiger partial charge in [-0.3, -0.25) is 4.79 Å². The molecule has 1 rings (SSSR count). The molecule has 0 fully saturated rings. The van der Waals surface area contributed by atoms with Gasteiger partial charge in [0.15, 0.2) is 0 Å². The fraction of sp³-hybridized carbons (Fsp3) is 0.417. The second-order valence-corrected chi connectivity index (χ2v) is 3.52. The molecule has 1 N–H and O–H groups in total. The van der Waals surface area contributed by atoms with Crippen molar-refractivity contribution in [2.24, 2.45) is 0 Å². The molecular formula is C12H15FO4. The fourth-order valence-electron chi connectivity index (χ4n) is 1.19. The lowest BCUT2D eigenvalue weighted by atomic mass is 10.2. The van der Waals surface area contributed by atoms with Gasteiger partial charge in [-0.1, -0.05) is 12.1 Å². The van der Waals surface area contributed by atoms with Gasteiger partial charge in [-0.25, -0.2) is 4.39 Å². The number of rotatable bonds is 6. The summed E-state index contributed by atoms with van der Waals surface area (Å²) in [7, 11) is 1.56. The molecule has 0 amide bonds. The van der Waals surface area contributed by atoms with Crippen LogP contribution < -0.4 is 4.74 Å². The first-order chi connectivity index (χ1) is 8.15. The summed E-state index contributed by atoms with van der Waals surface area (Å²) in [6.45, 7) is -0.848. The predicted molar refractivity (Wildman–Crippen MR) is 59.4 cm³/mol. The number of alkyl halides is 1. The van der Waals surface area contributed by atoms with E-state index >= 15 is 0 Å². The molecule has 0 aliphatic carbocycles. The van der Waals surface area contributed by atoms with Gasteiger partial charge in [-0.05, 0) is 17.7 Å². The smallest absolute Gasteiger partial charge is 0.308 e. The summed E-state index contributed by atoms with van der Waals surface area (Å²) in [6.07, 6.45) is -1.61. The Balaban J connectivity index is 2.36. The molecule has 0 saturated carbocycles. The minimum atomic E-state index is -1.28. The topological polar surface area (TPSA) is 55.8 Å². The molecule has 0 aliphatic heterocycles. The molecule has 4 nitrogen and oxygen atoms in total. The predicted octanol–water partition coefficient (Wildman–Crippen LogP) is 1.46. The average Bonchev–Trinajstić information content (AvgIpc) is 2.36. The summed E-state index contributed by atoms with van der Waals surface area (Å²) in [5.41, 5.74) is 0.800. The highest BCUT2D eigenvalue weighted by atomic mass is 19.1. The molecule has 1 atom stereocenters. The van der Waals surface area contributed by atoms with Crippen molar-refractivity contribution in [3.63, 3.8) is 0 Å². The number of carbonyl (C=O) groups excluding carboxylic acids is 1. The van der Waals surface area contributed by atoms with Crippen molar-refractivity contribution in [1.29, 1.82) is 0 Å². The second-order valence-electron chi connectivity index (χ2n) is 3.52. The van der Waals surface area contributed by atoms with Crippen LogP contribution in [0.2, 0.25) is 0 Å². The van der Waals surface area contributed by atoms with Crippen LogP contribution in [-0.2, 0) is 16.1 Å². The third-order valence-corrected chi connectivity index (χ3v) is 2.14. The molecule has 0 radical (unpaired) electrons. The molecule has 0 saturated heterocycles. The van der Waals surface area contributed by atoms with Crippen LogP contribution in [0.5, 0.6) is 5.75 Å². The van der Waals surface area contributed by atoms with Crippen LogP contribution in [0, 0.1) is 0 Å². The van der Waals surface area contributed by atoms with Crippen molar-refractivity contribution >= 4 is 5.97 Å². The van der Waals surface area contributed by atoms with E-state index in [0.29, 0.717) is 5.75 Å². The zero-order valence-electron chi connectivity index (χ0n) is 9.56. The van der Waals surface area contributed by atoms with Gasteiger partial charge in [-0.15, -0.1) is 0 Å². The van der Waals surface area contributed by atoms with Crippen molar-refractivity contribution in [3.8, 4) is 5.75 Å². The molecule has 1 aromatic rings. The van der Waals surface area contributed by atoms with E-state index in [1.807, 2.05) is 0 Å². The number of esters is 1. The van der Waals surface area contributed by atoms with E-state index in [9.17, 15) is 9.18 Å². The molecule has 5 heteroatoms. The molecule has 0 aliphatic rings. The van der Waals surface area contributed by atoms with E-state index in [0.717, 1.165) is 5.56 Å². The zero-order valence-corrected chi connectivity index (χ0v) is 9.56. The van der Waals surface area contributed by atoms with E-state index in [1.165, 1.54) is 0 Å². The van der Waals surface area contributed by atoms with Crippen LogP contribution in [0.1, 0.15) is 12.0 Å². The Bertz CT molecular complexity index is 350. The Morgan fingerprint density at radius 1 is 1.41 bits per heavy atom. The summed E-state index contributed by atoms with van der Waals surface area (Å²) in [5.74, 6) is 0.0962. The summed E-state index contributed by atoms with van der Waals surface area (Å²) >= 11 is 0. The largest absolute Gasteiger partial charge is 0.497 e. The van der Waals surface area contributed by atoms with Gasteiger partial charge in [0.2, 0.25) is 0 Å². The lowest BCUT2D eigenvalue weighted by Gasteiger charge is -2.07. The quantitative estimate of drug-likeness (QED) is 0.767. The number of halogens is 1.